The van der Waals surface area contributed by atoms with E-state index in [1.165, 1.54) is 6.07 Å². The summed E-state index contributed by atoms with van der Waals surface area (Å²) < 4.78 is 13.2. The maximum absolute atomic E-state index is 13.2. The van der Waals surface area contributed by atoms with Gasteiger partial charge in [0.1, 0.15) is 11.9 Å². The molecular formula is C10H11FN2O. The van der Waals surface area contributed by atoms with Crippen molar-refractivity contribution in [3.05, 3.63) is 23.5 Å². The van der Waals surface area contributed by atoms with E-state index in [1.54, 1.807) is 19.9 Å². The summed E-state index contributed by atoms with van der Waals surface area (Å²) >= 11 is 0. The number of benzene rings is 1. The molecule has 1 aromatic carbocycles. The Kier molecular flexibility index (Phi) is 1.91. The molecule has 2 rings (SSSR count). The Morgan fingerprint density at radius 2 is 2.07 bits per heavy atom. The highest BCUT2D eigenvalue weighted by atomic mass is 19.1. The molecule has 0 spiro atoms. The average Bonchev–Trinajstić information content (AvgIpc) is 2.11. The van der Waals surface area contributed by atoms with Gasteiger partial charge in [-0.15, -0.1) is 0 Å². The van der Waals surface area contributed by atoms with Crippen LogP contribution in [-0.2, 0) is 4.79 Å². The largest absolute Gasteiger partial charge is 0.372 e. The first-order valence-corrected chi connectivity index (χ1v) is 4.45. The summed E-state index contributed by atoms with van der Waals surface area (Å²) in [5.41, 5.74) is 1.85. The van der Waals surface area contributed by atoms with E-state index < -0.39 is 0 Å². The topological polar surface area (TPSA) is 41.1 Å². The van der Waals surface area contributed by atoms with Crippen molar-refractivity contribution in [3.63, 3.8) is 0 Å². The second-order valence-electron chi connectivity index (χ2n) is 3.50. The van der Waals surface area contributed by atoms with Crippen LogP contribution < -0.4 is 10.6 Å². The smallest absolute Gasteiger partial charge is 0.246 e. The molecule has 14 heavy (non-hydrogen) atoms. The summed E-state index contributed by atoms with van der Waals surface area (Å²) in [6.07, 6.45) is 0. The van der Waals surface area contributed by atoms with Crippen LogP contribution in [0.25, 0.3) is 0 Å². The van der Waals surface area contributed by atoms with E-state index in [0.29, 0.717) is 11.3 Å². The van der Waals surface area contributed by atoms with Crippen LogP contribution in [0.3, 0.4) is 0 Å². The average molecular weight is 194 g/mol. The molecule has 1 aromatic rings. The first-order chi connectivity index (χ1) is 6.58. The molecular weight excluding hydrogens is 183 g/mol. The quantitative estimate of drug-likeness (QED) is 0.662. The highest BCUT2D eigenvalue weighted by Gasteiger charge is 2.21. The molecule has 0 fully saturated rings. The van der Waals surface area contributed by atoms with Gasteiger partial charge in [0.05, 0.1) is 11.4 Å². The van der Waals surface area contributed by atoms with Gasteiger partial charge in [0.15, 0.2) is 0 Å². The van der Waals surface area contributed by atoms with Crippen molar-refractivity contribution >= 4 is 17.3 Å². The van der Waals surface area contributed by atoms with Crippen LogP contribution in [0.15, 0.2) is 12.1 Å². The molecule has 1 heterocycles. The third-order valence-corrected chi connectivity index (χ3v) is 2.32. The number of nitrogens with one attached hydrogen (secondary N) is 2. The molecule has 1 aliphatic heterocycles. The molecule has 0 aromatic heterocycles. The predicted octanol–water partition coefficient (Wildman–Crippen LogP) is 1.89. The normalized spacial score (nSPS) is 19.6. The lowest BCUT2D eigenvalue weighted by Gasteiger charge is -2.24. The second-order valence-corrected chi connectivity index (χ2v) is 3.50. The first-order valence-electron chi connectivity index (χ1n) is 4.45. The van der Waals surface area contributed by atoms with Gasteiger partial charge in [0, 0.05) is 0 Å². The van der Waals surface area contributed by atoms with Crippen molar-refractivity contribution in [1.29, 1.82) is 0 Å². The number of carbonyl (C=O) groups is 1. The van der Waals surface area contributed by atoms with Gasteiger partial charge in [0.2, 0.25) is 5.91 Å². The van der Waals surface area contributed by atoms with Crippen LogP contribution in [0.1, 0.15) is 12.5 Å². The molecule has 0 bridgehead atoms. The molecule has 2 N–H and O–H groups in total. The number of fused-ring (bicyclic) bond motifs is 1. The van der Waals surface area contributed by atoms with Crippen LogP contribution in [-0.4, -0.2) is 11.9 Å². The Balaban J connectivity index is 2.47. The number of hydrogen-bond donors (Lipinski definition) is 2. The third kappa shape index (κ3) is 1.32. The van der Waals surface area contributed by atoms with Gasteiger partial charge in [-0.05, 0) is 31.5 Å². The highest BCUT2D eigenvalue weighted by molar-refractivity contribution is 6.02. The minimum absolute atomic E-state index is 0.138. The number of hydrogen-bond acceptors (Lipinski definition) is 2. The van der Waals surface area contributed by atoms with Crippen LogP contribution in [0.4, 0.5) is 15.8 Å². The van der Waals surface area contributed by atoms with Gasteiger partial charge in [-0.1, -0.05) is 0 Å². The van der Waals surface area contributed by atoms with Crippen molar-refractivity contribution in [3.8, 4) is 0 Å². The predicted molar refractivity (Wildman–Crippen MR) is 52.9 cm³/mol. The van der Waals surface area contributed by atoms with Crippen LogP contribution in [0, 0.1) is 12.7 Å². The highest BCUT2D eigenvalue weighted by Crippen LogP contribution is 2.29. The summed E-state index contributed by atoms with van der Waals surface area (Å²) in [6, 6.07) is 2.76. The van der Waals surface area contributed by atoms with Crippen molar-refractivity contribution in [2.45, 2.75) is 19.9 Å². The molecule has 3 nitrogen and oxygen atoms in total. The van der Waals surface area contributed by atoms with Gasteiger partial charge in [-0.2, -0.15) is 0 Å². The summed E-state index contributed by atoms with van der Waals surface area (Å²) in [5, 5.41) is 5.64. The first kappa shape index (κ1) is 8.99. The molecule has 1 amide bonds. The van der Waals surface area contributed by atoms with Crippen molar-refractivity contribution in [1.82, 2.24) is 0 Å². The van der Waals surface area contributed by atoms with E-state index >= 15 is 0 Å². The van der Waals surface area contributed by atoms with Crippen LogP contribution >= 0.6 is 0 Å². The zero-order chi connectivity index (χ0) is 10.3. The fraction of sp³-hybridized carbons (Fsp3) is 0.300. The molecule has 0 saturated carbocycles. The maximum atomic E-state index is 13.2. The number of carbonyl (C=O) groups excluding carboxylic acids is 1. The Morgan fingerprint density at radius 3 is 2.79 bits per heavy atom. The number of halogens is 1. The van der Waals surface area contributed by atoms with Gasteiger partial charge < -0.3 is 10.6 Å². The fourth-order valence-electron chi connectivity index (χ4n) is 1.44. The summed E-state index contributed by atoms with van der Waals surface area (Å²) in [4.78, 5) is 11.3. The van der Waals surface area contributed by atoms with Gasteiger partial charge in [0.25, 0.3) is 0 Å². The summed E-state index contributed by atoms with van der Waals surface area (Å²) in [6.45, 7) is 3.45. The molecule has 0 radical (unpaired) electrons. The second kappa shape index (κ2) is 2.97. The number of anilines is 2. The molecule has 0 saturated heterocycles. The van der Waals surface area contributed by atoms with Crippen LogP contribution in [0.2, 0.25) is 0 Å². The lowest BCUT2D eigenvalue weighted by Crippen LogP contribution is -2.36. The molecule has 4 heteroatoms. The monoisotopic (exact) mass is 194 g/mol. The van der Waals surface area contributed by atoms with Crippen molar-refractivity contribution < 1.29 is 9.18 Å². The Bertz CT molecular complexity index is 403. The molecule has 74 valence electrons. The fourth-order valence-corrected chi connectivity index (χ4v) is 1.44. The van der Waals surface area contributed by atoms with Crippen molar-refractivity contribution in [2.24, 2.45) is 0 Å². The molecule has 1 aliphatic rings. The molecule has 1 atom stereocenters. The number of amides is 1. The van der Waals surface area contributed by atoms with Gasteiger partial charge >= 0.3 is 0 Å². The Morgan fingerprint density at radius 1 is 1.36 bits per heavy atom. The number of rotatable bonds is 0. The van der Waals surface area contributed by atoms with Gasteiger partial charge in [-0.25, -0.2) is 4.39 Å². The minimum Gasteiger partial charge on any atom is -0.372 e. The summed E-state index contributed by atoms with van der Waals surface area (Å²) in [5.74, 6) is -0.443. The van der Waals surface area contributed by atoms with Crippen LogP contribution in [0.5, 0.6) is 0 Å². The zero-order valence-corrected chi connectivity index (χ0v) is 8.02. The van der Waals surface area contributed by atoms with E-state index in [2.05, 4.69) is 10.6 Å². The zero-order valence-electron chi connectivity index (χ0n) is 8.02. The van der Waals surface area contributed by atoms with Crippen molar-refractivity contribution in [2.75, 3.05) is 10.6 Å². The standard InChI is InChI=1S/C10H11FN2O/c1-5-3-8-9(4-7(5)11)13-10(14)6(2)12-8/h3-4,6,12H,1-2H3,(H,13,14). The maximum Gasteiger partial charge on any atom is 0.246 e. The lowest BCUT2D eigenvalue weighted by atomic mass is 10.1. The Hall–Kier alpha value is -1.58. The van der Waals surface area contributed by atoms with Gasteiger partial charge in [-0.3, -0.25) is 4.79 Å². The SMILES string of the molecule is Cc1cc2c(cc1F)NC(=O)C(C)N2. The van der Waals surface area contributed by atoms with E-state index in [4.69, 9.17) is 0 Å². The van der Waals surface area contributed by atoms with E-state index in [9.17, 15) is 9.18 Å². The van der Waals surface area contributed by atoms with E-state index in [0.717, 1.165) is 5.69 Å². The third-order valence-electron chi connectivity index (χ3n) is 2.32. The van der Waals surface area contributed by atoms with E-state index in [1.807, 2.05) is 0 Å². The Labute approximate surface area is 81.3 Å². The summed E-state index contributed by atoms with van der Waals surface area (Å²) in [7, 11) is 0. The minimum atomic E-state index is -0.305. The molecule has 0 aliphatic carbocycles. The lowest BCUT2D eigenvalue weighted by molar-refractivity contribution is -0.116. The molecule has 1 unspecified atom stereocenters. The number of aryl methyl sites for hydroxylation is 1. The van der Waals surface area contributed by atoms with E-state index in [-0.39, 0.29) is 17.8 Å².